The first-order valence-corrected chi connectivity index (χ1v) is 6.34. The Balaban J connectivity index is 1.93. The number of carboxylic acids is 1. The number of anilines is 1. The molecule has 104 valence electrons. The molecular weight excluding hydrogens is 246 g/mol. The third kappa shape index (κ3) is 3.42. The molecule has 1 unspecified atom stereocenters. The smallest absolute Gasteiger partial charge is 0.323 e. The number of hydrogen-bond acceptors (Lipinski definition) is 5. The molecule has 1 atom stereocenters. The van der Waals surface area contributed by atoms with Crippen molar-refractivity contribution in [3.05, 3.63) is 24.4 Å². The Bertz CT molecular complexity index is 405. The molecule has 0 saturated carbocycles. The SMILES string of the molecule is COCC(C(=O)O)N1CCN(c2ccccn2)CC1. The number of pyridine rings is 1. The van der Waals surface area contributed by atoms with E-state index in [9.17, 15) is 9.90 Å². The number of carbonyl (C=O) groups is 1. The summed E-state index contributed by atoms with van der Waals surface area (Å²) in [5.41, 5.74) is 0. The first-order chi connectivity index (χ1) is 9.22. The first kappa shape index (κ1) is 13.8. The summed E-state index contributed by atoms with van der Waals surface area (Å²) in [5.74, 6) is 0.119. The van der Waals surface area contributed by atoms with Crippen LogP contribution in [0.1, 0.15) is 0 Å². The summed E-state index contributed by atoms with van der Waals surface area (Å²) in [6.45, 7) is 3.20. The van der Waals surface area contributed by atoms with Gasteiger partial charge in [0.25, 0.3) is 0 Å². The maximum Gasteiger partial charge on any atom is 0.323 e. The van der Waals surface area contributed by atoms with Crippen molar-refractivity contribution in [2.45, 2.75) is 6.04 Å². The number of methoxy groups -OCH3 is 1. The van der Waals surface area contributed by atoms with Crippen LogP contribution >= 0.6 is 0 Å². The molecule has 1 fully saturated rings. The molecule has 6 heteroatoms. The number of rotatable bonds is 5. The zero-order chi connectivity index (χ0) is 13.7. The fourth-order valence-corrected chi connectivity index (χ4v) is 2.29. The summed E-state index contributed by atoms with van der Waals surface area (Å²) in [6.07, 6.45) is 1.77. The van der Waals surface area contributed by atoms with Crippen LogP contribution < -0.4 is 4.90 Å². The maximum absolute atomic E-state index is 11.2. The van der Waals surface area contributed by atoms with Crippen molar-refractivity contribution in [2.24, 2.45) is 0 Å². The largest absolute Gasteiger partial charge is 0.480 e. The summed E-state index contributed by atoms with van der Waals surface area (Å²) >= 11 is 0. The topological polar surface area (TPSA) is 65.9 Å². The number of aliphatic carboxylic acids is 1. The Morgan fingerprint density at radius 3 is 2.68 bits per heavy atom. The number of nitrogens with zero attached hydrogens (tertiary/aromatic N) is 3. The summed E-state index contributed by atoms with van der Waals surface area (Å²) in [6, 6.07) is 5.26. The number of carboxylic acid groups (broad SMARTS) is 1. The van der Waals surface area contributed by atoms with Crippen LogP contribution in [0, 0.1) is 0 Å². The number of aromatic nitrogens is 1. The third-order valence-electron chi connectivity index (χ3n) is 3.34. The average molecular weight is 265 g/mol. The second kappa shape index (κ2) is 6.49. The van der Waals surface area contributed by atoms with Crippen LogP contribution in [-0.4, -0.2) is 66.9 Å². The Morgan fingerprint density at radius 1 is 1.42 bits per heavy atom. The summed E-state index contributed by atoms with van der Waals surface area (Å²) in [5, 5.41) is 9.19. The van der Waals surface area contributed by atoms with Gasteiger partial charge in [0.05, 0.1) is 6.61 Å². The predicted octanol–water partition coefficient (Wildman–Crippen LogP) is 0.303. The molecule has 0 amide bonds. The lowest BCUT2D eigenvalue weighted by Crippen LogP contribution is -2.54. The van der Waals surface area contributed by atoms with E-state index in [1.807, 2.05) is 23.1 Å². The van der Waals surface area contributed by atoms with Gasteiger partial charge in [0.15, 0.2) is 0 Å². The summed E-state index contributed by atoms with van der Waals surface area (Å²) in [4.78, 5) is 19.6. The quantitative estimate of drug-likeness (QED) is 0.826. The highest BCUT2D eigenvalue weighted by Crippen LogP contribution is 2.14. The second-order valence-corrected chi connectivity index (χ2v) is 4.52. The van der Waals surface area contributed by atoms with Gasteiger partial charge < -0.3 is 14.7 Å². The Kier molecular flexibility index (Phi) is 4.70. The maximum atomic E-state index is 11.2. The molecule has 1 aliphatic heterocycles. The molecule has 2 heterocycles. The van der Waals surface area contributed by atoms with Gasteiger partial charge in [-0.2, -0.15) is 0 Å². The molecule has 0 bridgehead atoms. The van der Waals surface area contributed by atoms with Gasteiger partial charge in [0.1, 0.15) is 11.9 Å². The van der Waals surface area contributed by atoms with Gasteiger partial charge >= 0.3 is 5.97 Å². The highest BCUT2D eigenvalue weighted by Gasteiger charge is 2.28. The van der Waals surface area contributed by atoms with E-state index in [4.69, 9.17) is 4.74 Å². The highest BCUT2D eigenvalue weighted by atomic mass is 16.5. The Morgan fingerprint density at radius 2 is 2.16 bits per heavy atom. The second-order valence-electron chi connectivity index (χ2n) is 4.52. The van der Waals surface area contributed by atoms with Crippen molar-refractivity contribution in [3.8, 4) is 0 Å². The van der Waals surface area contributed by atoms with E-state index >= 15 is 0 Å². The number of hydrogen-bond donors (Lipinski definition) is 1. The zero-order valence-electron chi connectivity index (χ0n) is 11.0. The molecule has 1 aromatic heterocycles. The van der Waals surface area contributed by atoms with Crippen molar-refractivity contribution in [2.75, 3.05) is 44.8 Å². The zero-order valence-corrected chi connectivity index (χ0v) is 11.0. The van der Waals surface area contributed by atoms with E-state index in [1.54, 1.807) is 6.20 Å². The fraction of sp³-hybridized carbons (Fsp3) is 0.538. The van der Waals surface area contributed by atoms with Crippen LogP contribution in [0.2, 0.25) is 0 Å². The molecule has 0 aliphatic carbocycles. The van der Waals surface area contributed by atoms with E-state index in [-0.39, 0.29) is 6.61 Å². The van der Waals surface area contributed by atoms with Gasteiger partial charge in [-0.25, -0.2) is 4.98 Å². The van der Waals surface area contributed by atoms with Gasteiger partial charge in [-0.3, -0.25) is 9.69 Å². The van der Waals surface area contributed by atoms with Crippen LogP contribution in [0.5, 0.6) is 0 Å². The Labute approximate surface area is 112 Å². The van der Waals surface area contributed by atoms with Gasteiger partial charge in [0, 0.05) is 39.5 Å². The van der Waals surface area contributed by atoms with Crippen LogP contribution in [0.4, 0.5) is 5.82 Å². The van der Waals surface area contributed by atoms with Crippen molar-refractivity contribution in [1.29, 1.82) is 0 Å². The van der Waals surface area contributed by atoms with E-state index in [2.05, 4.69) is 9.88 Å². The van der Waals surface area contributed by atoms with E-state index < -0.39 is 12.0 Å². The minimum absolute atomic E-state index is 0.221. The number of ether oxygens (including phenoxy) is 1. The fourth-order valence-electron chi connectivity index (χ4n) is 2.29. The molecule has 0 radical (unpaired) electrons. The standard InChI is InChI=1S/C13H19N3O3/c1-19-10-11(13(17)18)15-6-8-16(9-7-15)12-4-2-3-5-14-12/h2-5,11H,6-10H2,1H3,(H,17,18). The monoisotopic (exact) mass is 265 g/mol. The third-order valence-corrected chi connectivity index (χ3v) is 3.34. The molecule has 1 saturated heterocycles. The minimum atomic E-state index is -0.826. The molecule has 1 aromatic rings. The van der Waals surface area contributed by atoms with Crippen LogP contribution in [0.15, 0.2) is 24.4 Å². The molecule has 1 aliphatic rings. The predicted molar refractivity (Wildman–Crippen MR) is 71.3 cm³/mol. The van der Waals surface area contributed by atoms with Gasteiger partial charge in [-0.1, -0.05) is 6.07 Å². The van der Waals surface area contributed by atoms with Crippen molar-refractivity contribution < 1.29 is 14.6 Å². The van der Waals surface area contributed by atoms with Crippen LogP contribution in [-0.2, 0) is 9.53 Å². The molecule has 6 nitrogen and oxygen atoms in total. The molecule has 1 N–H and O–H groups in total. The van der Waals surface area contributed by atoms with Crippen LogP contribution in [0.3, 0.4) is 0 Å². The van der Waals surface area contributed by atoms with Crippen molar-refractivity contribution >= 4 is 11.8 Å². The van der Waals surface area contributed by atoms with Crippen molar-refractivity contribution in [3.63, 3.8) is 0 Å². The number of piperazine rings is 1. The lowest BCUT2D eigenvalue weighted by Gasteiger charge is -2.37. The van der Waals surface area contributed by atoms with E-state index in [1.165, 1.54) is 7.11 Å². The molecule has 19 heavy (non-hydrogen) atoms. The van der Waals surface area contributed by atoms with Gasteiger partial charge in [0.2, 0.25) is 0 Å². The van der Waals surface area contributed by atoms with Gasteiger partial charge in [-0.15, -0.1) is 0 Å². The summed E-state index contributed by atoms with van der Waals surface area (Å²) < 4.78 is 4.98. The minimum Gasteiger partial charge on any atom is -0.480 e. The molecule has 0 spiro atoms. The highest BCUT2D eigenvalue weighted by molar-refractivity contribution is 5.73. The summed E-state index contributed by atoms with van der Waals surface area (Å²) in [7, 11) is 1.53. The van der Waals surface area contributed by atoms with E-state index in [0.29, 0.717) is 13.1 Å². The lowest BCUT2D eigenvalue weighted by molar-refractivity contribution is -0.145. The first-order valence-electron chi connectivity index (χ1n) is 6.34. The molecule has 2 rings (SSSR count). The van der Waals surface area contributed by atoms with Gasteiger partial charge in [-0.05, 0) is 12.1 Å². The lowest BCUT2D eigenvalue weighted by atomic mass is 10.2. The van der Waals surface area contributed by atoms with Crippen molar-refractivity contribution in [1.82, 2.24) is 9.88 Å². The Hall–Kier alpha value is -1.66. The molecule has 0 aromatic carbocycles. The van der Waals surface area contributed by atoms with Crippen LogP contribution in [0.25, 0.3) is 0 Å². The normalized spacial score (nSPS) is 18.3. The molecular formula is C13H19N3O3. The van der Waals surface area contributed by atoms with E-state index in [0.717, 1.165) is 18.9 Å². The average Bonchev–Trinajstić information content (AvgIpc) is 2.46.